The van der Waals surface area contributed by atoms with Gasteiger partial charge in [-0.2, -0.15) is 0 Å². The molecule has 13 heavy (non-hydrogen) atoms. The van der Waals surface area contributed by atoms with Gasteiger partial charge in [-0.1, -0.05) is 19.9 Å². The van der Waals surface area contributed by atoms with Gasteiger partial charge in [-0.25, -0.2) is 0 Å². The van der Waals surface area contributed by atoms with Crippen molar-refractivity contribution in [1.82, 2.24) is 0 Å². The molecule has 0 heterocycles. The summed E-state index contributed by atoms with van der Waals surface area (Å²) in [7, 11) is 2.27. The zero-order valence-electron chi connectivity index (χ0n) is 9.05. The fourth-order valence-corrected chi connectivity index (χ4v) is 3.08. The molecule has 0 spiro atoms. The van der Waals surface area contributed by atoms with E-state index in [0.717, 1.165) is 24.5 Å². The number of rotatable bonds is 7. The lowest BCUT2D eigenvalue weighted by molar-refractivity contribution is 0.133. The van der Waals surface area contributed by atoms with Gasteiger partial charge in [-0.3, -0.25) is 0 Å². The predicted octanol–water partition coefficient (Wildman–Crippen LogP) is 2.15. The molecule has 0 amide bonds. The lowest BCUT2D eigenvalue weighted by Crippen LogP contribution is -2.45. The summed E-state index contributed by atoms with van der Waals surface area (Å²) in [5.41, 5.74) is 0. The highest BCUT2D eigenvalue weighted by Gasteiger charge is 2.40. The van der Waals surface area contributed by atoms with E-state index < -0.39 is 8.80 Å². The van der Waals surface area contributed by atoms with Crippen molar-refractivity contribution in [2.24, 2.45) is 0 Å². The first-order valence-electron chi connectivity index (χ1n) is 4.50. The topological polar surface area (TPSA) is 27.7 Å². The molecule has 0 saturated heterocycles. The van der Waals surface area contributed by atoms with Gasteiger partial charge in [-0.15, -0.1) is 0 Å². The van der Waals surface area contributed by atoms with E-state index in [1.165, 1.54) is 0 Å². The average molecular weight is 204 g/mol. The van der Waals surface area contributed by atoms with E-state index in [-0.39, 0.29) is 0 Å². The second kappa shape index (κ2) is 6.31. The number of allylic oxidation sites excluding steroid dienone is 1. The Labute approximate surface area is 82.1 Å². The Balaban J connectivity index is 4.26. The lowest BCUT2D eigenvalue weighted by atomic mass is 10.2. The van der Waals surface area contributed by atoms with Crippen LogP contribution in [-0.4, -0.2) is 30.1 Å². The average Bonchev–Trinajstić information content (AvgIpc) is 2.18. The molecule has 78 valence electrons. The predicted molar refractivity (Wildman–Crippen MR) is 55.4 cm³/mol. The molecule has 0 unspecified atom stereocenters. The smallest absolute Gasteiger partial charge is 0.374 e. The highest BCUT2D eigenvalue weighted by Crippen LogP contribution is 2.20. The Kier molecular flexibility index (Phi) is 6.24. The molecule has 4 heteroatoms. The first kappa shape index (κ1) is 12.8. The molecule has 3 nitrogen and oxygen atoms in total. The molecule has 0 bridgehead atoms. The van der Waals surface area contributed by atoms with Gasteiger partial charge in [0.2, 0.25) is 0 Å². The van der Waals surface area contributed by atoms with Crippen molar-refractivity contribution in [1.29, 1.82) is 0 Å². The quantitative estimate of drug-likeness (QED) is 0.595. The van der Waals surface area contributed by atoms with Crippen LogP contribution < -0.4 is 0 Å². The van der Waals surface area contributed by atoms with Crippen LogP contribution >= 0.6 is 0 Å². The molecule has 0 rings (SSSR count). The molecule has 0 radical (unpaired) electrons. The minimum atomic E-state index is -2.55. The summed E-state index contributed by atoms with van der Waals surface area (Å²) in [6, 6.07) is 0. The molecule has 0 atom stereocenters. The van der Waals surface area contributed by atoms with Crippen LogP contribution in [0.1, 0.15) is 26.2 Å². The number of hydrogen-bond acceptors (Lipinski definition) is 3. The van der Waals surface area contributed by atoms with Crippen LogP contribution in [0.15, 0.2) is 11.8 Å². The summed E-state index contributed by atoms with van der Waals surface area (Å²) >= 11 is 0. The highest BCUT2D eigenvalue weighted by molar-refractivity contribution is 6.68. The maximum atomic E-state index is 5.29. The lowest BCUT2D eigenvalue weighted by Gasteiger charge is -2.26. The van der Waals surface area contributed by atoms with Gasteiger partial charge < -0.3 is 13.3 Å². The minimum absolute atomic E-state index is 0.915. The van der Waals surface area contributed by atoms with Crippen LogP contribution in [0.5, 0.6) is 0 Å². The molecular formula is C9H20O3Si. The van der Waals surface area contributed by atoms with Crippen molar-refractivity contribution in [3.63, 3.8) is 0 Å². The zero-order chi connectivity index (χ0) is 10.3. The fourth-order valence-electron chi connectivity index (χ4n) is 1.23. The van der Waals surface area contributed by atoms with Crippen LogP contribution in [0.4, 0.5) is 0 Å². The van der Waals surface area contributed by atoms with Crippen LogP contribution in [0, 0.1) is 0 Å². The third-order valence-electron chi connectivity index (χ3n) is 2.07. The van der Waals surface area contributed by atoms with Crippen molar-refractivity contribution in [3.8, 4) is 0 Å². The first-order chi connectivity index (χ1) is 6.16. The van der Waals surface area contributed by atoms with E-state index in [2.05, 4.69) is 13.5 Å². The molecule has 0 aliphatic heterocycles. The normalized spacial score (nSPS) is 11.7. The molecule has 0 aliphatic rings. The van der Waals surface area contributed by atoms with Crippen molar-refractivity contribution in [3.05, 3.63) is 11.8 Å². The van der Waals surface area contributed by atoms with Crippen LogP contribution in [0.3, 0.4) is 0 Å². The van der Waals surface area contributed by atoms with Gasteiger partial charge in [0.05, 0.1) is 0 Å². The molecule has 0 aromatic rings. The SMILES string of the molecule is C=C(CCCC)[Si](OC)(OC)OC. The van der Waals surface area contributed by atoms with E-state index in [0.29, 0.717) is 0 Å². The Hall–Kier alpha value is -0.163. The second-order valence-corrected chi connectivity index (χ2v) is 5.92. The fraction of sp³-hybridized carbons (Fsp3) is 0.778. The largest absolute Gasteiger partial charge is 0.531 e. The Morgan fingerprint density at radius 2 is 1.62 bits per heavy atom. The molecule has 0 aromatic heterocycles. The van der Waals surface area contributed by atoms with Gasteiger partial charge in [0, 0.05) is 21.3 Å². The second-order valence-electron chi connectivity index (χ2n) is 2.88. The first-order valence-corrected chi connectivity index (χ1v) is 6.23. The number of hydrogen-bond donors (Lipinski definition) is 0. The maximum Gasteiger partial charge on any atom is 0.531 e. The number of unbranched alkanes of at least 4 members (excludes halogenated alkanes) is 1. The highest BCUT2D eigenvalue weighted by atomic mass is 28.4. The van der Waals surface area contributed by atoms with E-state index in [1.807, 2.05) is 0 Å². The minimum Gasteiger partial charge on any atom is -0.374 e. The van der Waals surface area contributed by atoms with Gasteiger partial charge in [0.1, 0.15) is 0 Å². The molecular weight excluding hydrogens is 184 g/mol. The van der Waals surface area contributed by atoms with Crippen molar-refractivity contribution in [2.45, 2.75) is 26.2 Å². The third kappa shape index (κ3) is 3.23. The summed E-state index contributed by atoms with van der Waals surface area (Å²) in [6.45, 7) is 6.11. The van der Waals surface area contributed by atoms with Crippen molar-refractivity contribution < 1.29 is 13.3 Å². The van der Waals surface area contributed by atoms with Gasteiger partial charge >= 0.3 is 8.80 Å². The molecule has 0 fully saturated rings. The van der Waals surface area contributed by atoms with E-state index in [9.17, 15) is 0 Å². The summed E-state index contributed by atoms with van der Waals surface area (Å²) < 4.78 is 15.9. The van der Waals surface area contributed by atoms with Gasteiger partial charge in [-0.05, 0) is 18.0 Å². The molecule has 0 aromatic carbocycles. The Morgan fingerprint density at radius 1 is 1.15 bits per heavy atom. The Bertz CT molecular complexity index is 147. The maximum absolute atomic E-state index is 5.29. The van der Waals surface area contributed by atoms with Crippen LogP contribution in [0.25, 0.3) is 0 Å². The van der Waals surface area contributed by atoms with Crippen molar-refractivity contribution in [2.75, 3.05) is 21.3 Å². The molecule has 0 saturated carbocycles. The van der Waals surface area contributed by atoms with E-state index in [1.54, 1.807) is 21.3 Å². The Morgan fingerprint density at radius 3 is 1.92 bits per heavy atom. The van der Waals surface area contributed by atoms with Crippen molar-refractivity contribution >= 4 is 8.80 Å². The third-order valence-corrected chi connectivity index (χ3v) is 4.80. The zero-order valence-corrected chi connectivity index (χ0v) is 10.1. The summed E-state index contributed by atoms with van der Waals surface area (Å²) in [6.07, 6.45) is 3.16. The summed E-state index contributed by atoms with van der Waals surface area (Å²) in [5, 5.41) is 0.960. The van der Waals surface area contributed by atoms with Gasteiger partial charge in [0.15, 0.2) is 0 Å². The monoisotopic (exact) mass is 204 g/mol. The summed E-state index contributed by atoms with van der Waals surface area (Å²) in [5.74, 6) is 0. The van der Waals surface area contributed by atoms with E-state index >= 15 is 0 Å². The van der Waals surface area contributed by atoms with Crippen LogP contribution in [-0.2, 0) is 13.3 Å². The van der Waals surface area contributed by atoms with Crippen LogP contribution in [0.2, 0.25) is 0 Å². The standard InChI is InChI=1S/C9H20O3Si/c1-6-7-8-9(2)13(10-3,11-4)12-5/h2,6-8H2,1,3-5H3. The summed E-state index contributed by atoms with van der Waals surface area (Å²) in [4.78, 5) is 0. The molecule has 0 N–H and O–H groups in total. The van der Waals surface area contributed by atoms with E-state index in [4.69, 9.17) is 13.3 Å². The van der Waals surface area contributed by atoms with Gasteiger partial charge in [0.25, 0.3) is 0 Å². The molecule has 0 aliphatic carbocycles.